The highest BCUT2D eigenvalue weighted by molar-refractivity contribution is 6.30. The van der Waals surface area contributed by atoms with E-state index in [2.05, 4.69) is 11.1 Å². The summed E-state index contributed by atoms with van der Waals surface area (Å²) in [6, 6.07) is 22.3. The van der Waals surface area contributed by atoms with Gasteiger partial charge in [-0.15, -0.1) is 0 Å². The number of ether oxygens (including phenoxy) is 1. The number of nitrogens with one attached hydrogen (secondary N) is 1. The fourth-order valence-corrected chi connectivity index (χ4v) is 4.79. The standard InChI is InChI=1S/C30H33ClN4O4/c1-39-17-5-15-33(20-24-6-4-7-27(18-24)35(37)38)22-30(36)34(21-23-10-12-26(31)13-11-23)16-14-25-19-32-29-9-3-2-8-28(25)29/h2-4,6-13,18-19,32H,5,14-17,20-22H2,1H3. The highest BCUT2D eigenvalue weighted by Crippen LogP contribution is 2.20. The number of carbonyl (C=O) groups excluding carboxylic acids is 1. The molecule has 1 heterocycles. The van der Waals surface area contributed by atoms with Crippen molar-refractivity contribution >= 4 is 34.1 Å². The minimum Gasteiger partial charge on any atom is -0.385 e. The quantitative estimate of drug-likeness (QED) is 0.121. The van der Waals surface area contributed by atoms with Crippen molar-refractivity contribution in [3.05, 3.63) is 111 Å². The van der Waals surface area contributed by atoms with Crippen molar-refractivity contribution in [3.63, 3.8) is 0 Å². The molecule has 4 rings (SSSR count). The first-order valence-corrected chi connectivity index (χ1v) is 13.3. The van der Waals surface area contributed by atoms with Gasteiger partial charge in [-0.25, -0.2) is 0 Å². The van der Waals surface area contributed by atoms with E-state index in [1.54, 1.807) is 19.2 Å². The van der Waals surface area contributed by atoms with Gasteiger partial charge in [-0.05, 0) is 47.7 Å². The number of methoxy groups -OCH3 is 1. The number of halogens is 1. The number of fused-ring (bicyclic) bond motifs is 1. The molecule has 4 aromatic rings. The Labute approximate surface area is 233 Å². The van der Waals surface area contributed by atoms with Crippen molar-refractivity contribution in [1.82, 2.24) is 14.8 Å². The van der Waals surface area contributed by atoms with Crippen LogP contribution in [0.15, 0.2) is 79.0 Å². The number of rotatable bonds is 14. The average Bonchev–Trinajstić information content (AvgIpc) is 3.35. The topological polar surface area (TPSA) is 91.7 Å². The lowest BCUT2D eigenvalue weighted by atomic mass is 10.1. The number of benzene rings is 3. The first kappa shape index (κ1) is 28.3. The summed E-state index contributed by atoms with van der Waals surface area (Å²) >= 11 is 6.09. The molecule has 8 nitrogen and oxygen atoms in total. The van der Waals surface area contributed by atoms with Crippen molar-refractivity contribution in [2.75, 3.05) is 33.4 Å². The van der Waals surface area contributed by atoms with Crippen LogP contribution in [0.2, 0.25) is 5.02 Å². The van der Waals surface area contributed by atoms with E-state index < -0.39 is 4.92 Å². The van der Waals surface area contributed by atoms with E-state index in [4.69, 9.17) is 16.3 Å². The molecule has 204 valence electrons. The van der Waals surface area contributed by atoms with Crippen LogP contribution in [0.1, 0.15) is 23.1 Å². The Bertz CT molecular complexity index is 1390. The van der Waals surface area contributed by atoms with Crippen molar-refractivity contribution in [2.45, 2.75) is 25.9 Å². The molecule has 0 radical (unpaired) electrons. The Morgan fingerprint density at radius 1 is 1.00 bits per heavy atom. The molecule has 0 bridgehead atoms. The molecule has 1 amide bonds. The maximum absolute atomic E-state index is 13.8. The van der Waals surface area contributed by atoms with Crippen molar-refractivity contribution in [2.24, 2.45) is 0 Å². The summed E-state index contributed by atoms with van der Waals surface area (Å²) in [5.74, 6) is -0.00682. The van der Waals surface area contributed by atoms with Crippen LogP contribution in [-0.2, 0) is 29.0 Å². The zero-order chi connectivity index (χ0) is 27.6. The zero-order valence-corrected chi connectivity index (χ0v) is 22.8. The van der Waals surface area contributed by atoms with Crippen LogP contribution in [0.5, 0.6) is 0 Å². The monoisotopic (exact) mass is 548 g/mol. The predicted molar refractivity (Wildman–Crippen MR) is 154 cm³/mol. The van der Waals surface area contributed by atoms with Crippen molar-refractivity contribution in [3.8, 4) is 0 Å². The van der Waals surface area contributed by atoms with Gasteiger partial charge in [-0.1, -0.05) is 54.1 Å². The predicted octanol–water partition coefficient (Wildman–Crippen LogP) is 5.84. The smallest absolute Gasteiger partial charge is 0.269 e. The summed E-state index contributed by atoms with van der Waals surface area (Å²) in [6.45, 7) is 2.81. The lowest BCUT2D eigenvalue weighted by Gasteiger charge is -2.28. The lowest BCUT2D eigenvalue weighted by Crippen LogP contribution is -2.41. The van der Waals surface area contributed by atoms with Gasteiger partial charge in [0, 0.05) is 74.2 Å². The third kappa shape index (κ3) is 8.13. The van der Waals surface area contributed by atoms with E-state index in [0.717, 1.165) is 34.0 Å². The number of amides is 1. The highest BCUT2D eigenvalue weighted by Gasteiger charge is 2.20. The van der Waals surface area contributed by atoms with Crippen molar-refractivity contribution in [1.29, 1.82) is 0 Å². The van der Waals surface area contributed by atoms with E-state index in [1.807, 2.05) is 64.5 Å². The third-order valence-electron chi connectivity index (χ3n) is 6.67. The molecule has 0 unspecified atom stereocenters. The molecule has 39 heavy (non-hydrogen) atoms. The van der Waals surface area contributed by atoms with Gasteiger partial charge in [0.05, 0.1) is 11.5 Å². The van der Waals surface area contributed by atoms with Gasteiger partial charge in [-0.2, -0.15) is 0 Å². The van der Waals surface area contributed by atoms with Gasteiger partial charge in [0.15, 0.2) is 0 Å². The van der Waals surface area contributed by atoms with E-state index in [1.165, 1.54) is 6.07 Å². The van der Waals surface area contributed by atoms with Gasteiger partial charge in [-0.3, -0.25) is 19.8 Å². The maximum atomic E-state index is 13.8. The van der Waals surface area contributed by atoms with Gasteiger partial charge in [0.2, 0.25) is 5.91 Å². The largest absolute Gasteiger partial charge is 0.385 e. The summed E-state index contributed by atoms with van der Waals surface area (Å²) in [5, 5.41) is 13.1. The number of non-ortho nitro benzene ring substituents is 1. The van der Waals surface area contributed by atoms with Crippen LogP contribution >= 0.6 is 11.6 Å². The molecule has 0 saturated carbocycles. The minimum atomic E-state index is -0.400. The number of nitro benzene ring substituents is 1. The van der Waals surface area contributed by atoms with E-state index in [0.29, 0.717) is 44.2 Å². The SMILES string of the molecule is COCCCN(CC(=O)N(CCc1c[nH]c2ccccc12)Cc1ccc(Cl)cc1)Cc1cccc([N+](=O)[O-])c1. The number of aromatic nitrogens is 1. The molecular formula is C30H33ClN4O4. The van der Waals surface area contributed by atoms with E-state index >= 15 is 0 Å². The number of H-pyrrole nitrogens is 1. The Balaban J connectivity index is 1.51. The number of carbonyl (C=O) groups is 1. The number of hydrogen-bond donors (Lipinski definition) is 1. The number of aromatic amines is 1. The molecule has 0 fully saturated rings. The zero-order valence-electron chi connectivity index (χ0n) is 22.0. The summed E-state index contributed by atoms with van der Waals surface area (Å²) in [7, 11) is 1.65. The summed E-state index contributed by atoms with van der Waals surface area (Å²) < 4.78 is 5.22. The van der Waals surface area contributed by atoms with E-state index in [-0.39, 0.29) is 18.1 Å². The second-order valence-electron chi connectivity index (χ2n) is 9.54. The second-order valence-corrected chi connectivity index (χ2v) is 9.97. The van der Waals surface area contributed by atoms with Gasteiger partial charge < -0.3 is 14.6 Å². The fraction of sp³-hybridized carbons (Fsp3) is 0.300. The summed E-state index contributed by atoms with van der Waals surface area (Å²) in [5.41, 5.74) is 4.06. The second kappa shape index (κ2) is 13.9. The van der Waals surface area contributed by atoms with Gasteiger partial charge in [0.25, 0.3) is 5.69 Å². The third-order valence-corrected chi connectivity index (χ3v) is 6.93. The highest BCUT2D eigenvalue weighted by atomic mass is 35.5. The Morgan fingerprint density at radius 3 is 2.56 bits per heavy atom. The van der Waals surface area contributed by atoms with Crippen molar-refractivity contribution < 1.29 is 14.5 Å². The molecule has 1 aromatic heterocycles. The molecule has 0 aliphatic heterocycles. The fourth-order valence-electron chi connectivity index (χ4n) is 4.66. The number of hydrogen-bond acceptors (Lipinski definition) is 5. The van der Waals surface area contributed by atoms with Crippen LogP contribution in [0, 0.1) is 10.1 Å². The Kier molecular flexibility index (Phi) is 10.1. The molecule has 0 aliphatic carbocycles. The number of para-hydroxylation sites is 1. The van der Waals surface area contributed by atoms with Crippen LogP contribution in [0.4, 0.5) is 5.69 Å². The normalized spacial score (nSPS) is 11.3. The molecule has 0 spiro atoms. The van der Waals surface area contributed by atoms with Gasteiger partial charge >= 0.3 is 0 Å². The number of nitro groups is 1. The Hall–Kier alpha value is -3.72. The molecular weight excluding hydrogens is 516 g/mol. The van der Waals surface area contributed by atoms with E-state index in [9.17, 15) is 14.9 Å². The maximum Gasteiger partial charge on any atom is 0.269 e. The van der Waals surface area contributed by atoms with Gasteiger partial charge in [0.1, 0.15) is 0 Å². The molecule has 0 atom stereocenters. The van der Waals surface area contributed by atoms with Crippen LogP contribution < -0.4 is 0 Å². The molecule has 3 aromatic carbocycles. The minimum absolute atomic E-state index is 0.00682. The molecule has 0 aliphatic rings. The van der Waals surface area contributed by atoms with Crippen LogP contribution in [0.25, 0.3) is 10.9 Å². The summed E-state index contributed by atoms with van der Waals surface area (Å²) in [6.07, 6.45) is 3.46. The lowest BCUT2D eigenvalue weighted by molar-refractivity contribution is -0.384. The number of nitrogens with zero attached hydrogens (tertiary/aromatic N) is 3. The molecule has 0 saturated heterocycles. The molecule has 1 N–H and O–H groups in total. The average molecular weight is 549 g/mol. The van der Waals surface area contributed by atoms with Crippen LogP contribution in [-0.4, -0.2) is 59.0 Å². The first-order valence-electron chi connectivity index (χ1n) is 12.9. The summed E-state index contributed by atoms with van der Waals surface area (Å²) in [4.78, 5) is 31.8. The first-order chi connectivity index (χ1) is 18.9. The Morgan fingerprint density at radius 2 is 1.79 bits per heavy atom. The molecule has 9 heteroatoms. The van der Waals surface area contributed by atoms with Crippen LogP contribution in [0.3, 0.4) is 0 Å².